The Kier molecular flexibility index (Phi) is 2.16. The molecule has 0 aliphatic heterocycles. The lowest BCUT2D eigenvalue weighted by molar-refractivity contribution is 0.220. The summed E-state index contributed by atoms with van der Waals surface area (Å²) in [6.07, 6.45) is 0. The van der Waals surface area contributed by atoms with Gasteiger partial charge in [0.15, 0.2) is 0 Å². The van der Waals surface area contributed by atoms with Gasteiger partial charge in [-0.05, 0) is 12.1 Å². The molecule has 1 rings (SSSR count). The highest BCUT2D eigenvalue weighted by Crippen LogP contribution is 2.02. The van der Waals surface area contributed by atoms with Crippen molar-refractivity contribution < 1.29 is 15.0 Å². The van der Waals surface area contributed by atoms with Crippen LogP contribution in [-0.2, 0) is 0 Å². The minimum atomic E-state index is -0.990. The number of hydrogen-bond acceptors (Lipinski definition) is 2. The fourth-order valence-corrected chi connectivity index (χ4v) is 0.713. The summed E-state index contributed by atoms with van der Waals surface area (Å²) < 4.78 is 0. The zero-order chi connectivity index (χ0) is 8.27. The molecule has 2 N–H and O–H groups in total. The highest BCUT2D eigenvalue weighted by molar-refractivity contribution is 6.82. The van der Waals surface area contributed by atoms with E-state index in [4.69, 9.17) is 10.2 Å². The van der Waals surface area contributed by atoms with E-state index in [0.717, 1.165) is 7.28 Å². The Balaban J connectivity index is 2.74. The van der Waals surface area contributed by atoms with Gasteiger partial charge >= 0.3 is 0 Å². The second kappa shape index (κ2) is 3.10. The molecule has 1 radical (unpaired) electrons. The van der Waals surface area contributed by atoms with Crippen molar-refractivity contribution in [3.63, 3.8) is 0 Å². The van der Waals surface area contributed by atoms with Crippen LogP contribution in [0.1, 0.15) is 0 Å². The normalized spacial score (nSPS) is 9.09. The monoisotopic (exact) mass is 149 g/mol. The van der Waals surface area contributed by atoms with Crippen molar-refractivity contribution in [3.8, 4) is 5.75 Å². The van der Waals surface area contributed by atoms with Crippen molar-refractivity contribution in [2.45, 2.75) is 0 Å². The molecule has 0 unspecified atom stereocenters. The lowest BCUT2D eigenvalue weighted by Crippen LogP contribution is -2.21. The first-order valence-corrected chi connectivity index (χ1v) is 3.05. The van der Waals surface area contributed by atoms with Crippen LogP contribution in [0, 0.1) is 0 Å². The third-order valence-electron chi connectivity index (χ3n) is 1.18. The molecule has 4 heteroatoms. The molecular formula is C7H6BO3. The lowest BCUT2D eigenvalue weighted by atomic mass is 9.71. The molecule has 1 aromatic rings. The number of aromatic hydroxyl groups is 1. The molecule has 0 saturated heterocycles. The topological polar surface area (TPSA) is 57.5 Å². The molecule has 0 spiro atoms. The molecule has 0 fully saturated rings. The summed E-state index contributed by atoms with van der Waals surface area (Å²) in [4.78, 5) is 10.1. The minimum absolute atomic E-state index is 0.132. The predicted octanol–water partition coefficient (Wildman–Crippen LogP) is 0.400. The number of benzene rings is 1. The first-order chi connectivity index (χ1) is 5.18. The van der Waals surface area contributed by atoms with Crippen molar-refractivity contribution in [3.05, 3.63) is 24.3 Å². The summed E-state index contributed by atoms with van der Waals surface area (Å²) in [7, 11) is 1.07. The predicted molar refractivity (Wildman–Crippen MR) is 41.5 cm³/mol. The van der Waals surface area contributed by atoms with Crippen LogP contribution in [0.2, 0.25) is 0 Å². The Labute approximate surface area is 64.5 Å². The molecule has 0 aliphatic carbocycles. The maximum Gasteiger partial charge on any atom is 0.299 e. The van der Waals surface area contributed by atoms with E-state index in [1.165, 1.54) is 24.3 Å². The van der Waals surface area contributed by atoms with Crippen molar-refractivity contribution in [2.75, 3.05) is 0 Å². The lowest BCUT2D eigenvalue weighted by Gasteiger charge is -1.94. The van der Waals surface area contributed by atoms with Gasteiger partial charge < -0.3 is 10.2 Å². The first kappa shape index (κ1) is 7.66. The molecule has 0 aromatic heterocycles. The van der Waals surface area contributed by atoms with Crippen molar-refractivity contribution in [1.29, 1.82) is 0 Å². The zero-order valence-electron chi connectivity index (χ0n) is 5.69. The van der Waals surface area contributed by atoms with Gasteiger partial charge in [-0.15, -0.1) is 0 Å². The van der Waals surface area contributed by atoms with E-state index >= 15 is 0 Å². The molecular weight excluding hydrogens is 143 g/mol. The number of phenolic OH excluding ortho intramolecular Hbond substituents is 1. The molecule has 0 bridgehead atoms. The number of carbonyl (C=O) groups is 1. The highest BCUT2D eigenvalue weighted by Gasteiger charge is 2.02. The summed E-state index contributed by atoms with van der Waals surface area (Å²) >= 11 is 0. The first-order valence-electron chi connectivity index (χ1n) is 3.05. The summed E-state index contributed by atoms with van der Waals surface area (Å²) in [5, 5.41) is 17.1. The van der Waals surface area contributed by atoms with Gasteiger partial charge in [0.1, 0.15) is 5.75 Å². The quantitative estimate of drug-likeness (QED) is 0.598. The second-order valence-corrected chi connectivity index (χ2v) is 2.07. The summed E-state index contributed by atoms with van der Waals surface area (Å²) in [5.74, 6) is -0.858. The zero-order valence-corrected chi connectivity index (χ0v) is 5.69. The Morgan fingerprint density at radius 3 is 2.27 bits per heavy atom. The Morgan fingerprint density at radius 2 is 1.82 bits per heavy atom. The van der Waals surface area contributed by atoms with E-state index in [9.17, 15) is 4.79 Å². The molecule has 11 heavy (non-hydrogen) atoms. The van der Waals surface area contributed by atoms with Gasteiger partial charge in [0.05, 0.1) is 0 Å². The van der Waals surface area contributed by atoms with E-state index in [-0.39, 0.29) is 5.75 Å². The van der Waals surface area contributed by atoms with E-state index in [2.05, 4.69) is 0 Å². The molecule has 0 heterocycles. The highest BCUT2D eigenvalue weighted by atomic mass is 16.4. The number of hydrogen-bond donors (Lipinski definition) is 2. The third-order valence-corrected chi connectivity index (χ3v) is 1.18. The smallest absolute Gasteiger partial charge is 0.299 e. The number of phenols is 1. The molecule has 0 amide bonds. The standard InChI is InChI=1S/C7H6BO3/c9-6-3-1-5(2-4-6)8-7(10)11/h1-4,9H,(H,10,11). The van der Waals surface area contributed by atoms with Crippen LogP contribution >= 0.6 is 0 Å². The third kappa shape index (κ3) is 2.33. The van der Waals surface area contributed by atoms with Crippen LogP contribution in [0.3, 0.4) is 0 Å². The molecule has 1 aromatic carbocycles. The largest absolute Gasteiger partial charge is 0.508 e. The van der Waals surface area contributed by atoms with Crippen molar-refractivity contribution >= 4 is 18.6 Å². The van der Waals surface area contributed by atoms with Gasteiger partial charge in [0.25, 0.3) is 7.28 Å². The van der Waals surface area contributed by atoms with Crippen LogP contribution in [-0.4, -0.2) is 23.4 Å². The Morgan fingerprint density at radius 1 is 1.27 bits per heavy atom. The van der Waals surface area contributed by atoms with Crippen molar-refractivity contribution in [1.82, 2.24) is 0 Å². The molecule has 0 aliphatic rings. The Bertz CT molecular complexity index is 255. The fraction of sp³-hybridized carbons (Fsp3) is 0. The molecule has 3 nitrogen and oxygen atoms in total. The van der Waals surface area contributed by atoms with Crippen LogP contribution < -0.4 is 5.46 Å². The van der Waals surface area contributed by atoms with Crippen LogP contribution in [0.15, 0.2) is 24.3 Å². The van der Waals surface area contributed by atoms with Gasteiger partial charge in [0, 0.05) is 0 Å². The van der Waals surface area contributed by atoms with Gasteiger partial charge in [-0.1, -0.05) is 17.6 Å². The average Bonchev–Trinajstić information content (AvgIpc) is 1.93. The van der Waals surface area contributed by atoms with E-state index in [0.29, 0.717) is 5.46 Å². The van der Waals surface area contributed by atoms with E-state index in [1.54, 1.807) is 0 Å². The molecule has 0 atom stereocenters. The van der Waals surface area contributed by atoms with Crippen molar-refractivity contribution in [2.24, 2.45) is 0 Å². The molecule has 0 saturated carbocycles. The van der Waals surface area contributed by atoms with Crippen LogP contribution in [0.5, 0.6) is 5.75 Å². The maximum absolute atomic E-state index is 10.1. The summed E-state index contributed by atoms with van der Waals surface area (Å²) in [5.41, 5.74) is 0.565. The van der Waals surface area contributed by atoms with Gasteiger partial charge in [0.2, 0.25) is 5.87 Å². The number of rotatable bonds is 2. The van der Waals surface area contributed by atoms with Crippen LogP contribution in [0.25, 0.3) is 0 Å². The summed E-state index contributed by atoms with van der Waals surface area (Å²) in [6, 6.07) is 5.94. The summed E-state index contributed by atoms with van der Waals surface area (Å²) in [6.45, 7) is 0. The van der Waals surface area contributed by atoms with Gasteiger partial charge in [-0.2, -0.15) is 0 Å². The van der Waals surface area contributed by atoms with Gasteiger partial charge in [-0.25, -0.2) is 0 Å². The maximum atomic E-state index is 10.1. The number of carboxylic acid groups (broad SMARTS) is 1. The average molecular weight is 149 g/mol. The van der Waals surface area contributed by atoms with E-state index in [1.807, 2.05) is 0 Å². The molecule has 55 valence electrons. The van der Waals surface area contributed by atoms with E-state index < -0.39 is 5.87 Å². The second-order valence-electron chi connectivity index (χ2n) is 2.07. The SMILES string of the molecule is O=C(O)[B]c1ccc(O)cc1. The van der Waals surface area contributed by atoms with Crippen LogP contribution in [0.4, 0.5) is 4.79 Å². The minimum Gasteiger partial charge on any atom is -0.508 e. The van der Waals surface area contributed by atoms with Gasteiger partial charge in [-0.3, -0.25) is 4.79 Å². The Hall–Kier alpha value is -1.45. The fourth-order valence-electron chi connectivity index (χ4n) is 0.713.